The van der Waals surface area contributed by atoms with Crippen molar-refractivity contribution in [2.24, 2.45) is 5.11 Å². The van der Waals surface area contributed by atoms with Crippen LogP contribution in [0.2, 0.25) is 0 Å². The van der Waals surface area contributed by atoms with Gasteiger partial charge in [0.05, 0.1) is 17.1 Å². The Morgan fingerprint density at radius 3 is 2.93 bits per heavy atom. The highest BCUT2D eigenvalue weighted by Gasteiger charge is 2.08. The number of azide groups is 1. The highest BCUT2D eigenvalue weighted by molar-refractivity contribution is 9.10. The number of nitrogens with zero attached hydrogens (tertiary/aromatic N) is 3. The summed E-state index contributed by atoms with van der Waals surface area (Å²) in [6.07, 6.45) is -0.900. The summed E-state index contributed by atoms with van der Waals surface area (Å²) in [6.45, 7) is -0.0609. The van der Waals surface area contributed by atoms with E-state index in [9.17, 15) is 9.50 Å². The van der Waals surface area contributed by atoms with Gasteiger partial charge in [-0.3, -0.25) is 0 Å². The Kier molecular flexibility index (Phi) is 3.88. The van der Waals surface area contributed by atoms with E-state index in [2.05, 4.69) is 26.0 Å². The molecular weight excluding hydrogens is 253 g/mol. The summed E-state index contributed by atoms with van der Waals surface area (Å²) in [5.74, 6) is -0.398. The van der Waals surface area contributed by atoms with E-state index in [0.717, 1.165) is 0 Å². The van der Waals surface area contributed by atoms with Gasteiger partial charge in [0.2, 0.25) is 0 Å². The summed E-state index contributed by atoms with van der Waals surface area (Å²) in [4.78, 5) is 2.52. The molecule has 0 amide bonds. The third-order valence-electron chi connectivity index (χ3n) is 1.65. The summed E-state index contributed by atoms with van der Waals surface area (Å²) < 4.78 is 13.1. The van der Waals surface area contributed by atoms with Gasteiger partial charge in [0.1, 0.15) is 5.82 Å². The molecule has 14 heavy (non-hydrogen) atoms. The fourth-order valence-corrected chi connectivity index (χ4v) is 1.34. The zero-order valence-corrected chi connectivity index (χ0v) is 8.65. The van der Waals surface area contributed by atoms with Crippen molar-refractivity contribution in [1.82, 2.24) is 0 Å². The molecule has 0 aliphatic rings. The Morgan fingerprint density at radius 1 is 1.64 bits per heavy atom. The standard InChI is InChI=1S/C8H7BrFN3O/c9-6-3-5(1-2-7(6)10)8(14)4-12-13-11/h1-3,8,14H,4H2/t8-/m1/s1. The van der Waals surface area contributed by atoms with Gasteiger partial charge in [0.15, 0.2) is 0 Å². The largest absolute Gasteiger partial charge is 0.388 e. The van der Waals surface area contributed by atoms with Crippen LogP contribution < -0.4 is 0 Å². The van der Waals surface area contributed by atoms with E-state index in [1.54, 1.807) is 0 Å². The predicted octanol–water partition coefficient (Wildman–Crippen LogP) is 2.93. The first kappa shape index (κ1) is 11.0. The molecule has 0 spiro atoms. The molecule has 1 aromatic rings. The smallest absolute Gasteiger partial charge is 0.137 e. The predicted molar refractivity (Wildman–Crippen MR) is 53.1 cm³/mol. The van der Waals surface area contributed by atoms with Crippen LogP contribution in [0.15, 0.2) is 27.8 Å². The Balaban J connectivity index is 2.85. The van der Waals surface area contributed by atoms with Gasteiger partial charge in [-0.15, -0.1) is 0 Å². The number of rotatable bonds is 3. The van der Waals surface area contributed by atoms with Gasteiger partial charge < -0.3 is 5.11 Å². The maximum absolute atomic E-state index is 12.8. The van der Waals surface area contributed by atoms with Crippen LogP contribution in [-0.4, -0.2) is 11.7 Å². The van der Waals surface area contributed by atoms with E-state index in [4.69, 9.17) is 5.53 Å². The van der Waals surface area contributed by atoms with Crippen molar-refractivity contribution in [3.8, 4) is 0 Å². The number of halogens is 2. The lowest BCUT2D eigenvalue weighted by atomic mass is 10.1. The molecule has 0 radical (unpaired) electrons. The quantitative estimate of drug-likeness (QED) is 0.506. The summed E-state index contributed by atoms with van der Waals surface area (Å²) in [5, 5.41) is 12.7. The van der Waals surface area contributed by atoms with Gasteiger partial charge in [0.25, 0.3) is 0 Å². The van der Waals surface area contributed by atoms with Gasteiger partial charge >= 0.3 is 0 Å². The van der Waals surface area contributed by atoms with Crippen LogP contribution in [0, 0.1) is 5.82 Å². The van der Waals surface area contributed by atoms with E-state index in [1.165, 1.54) is 18.2 Å². The van der Waals surface area contributed by atoms with Crippen LogP contribution in [0.5, 0.6) is 0 Å². The van der Waals surface area contributed by atoms with Crippen molar-refractivity contribution in [3.05, 3.63) is 44.5 Å². The normalized spacial score (nSPS) is 11.9. The molecule has 4 nitrogen and oxygen atoms in total. The molecule has 1 N–H and O–H groups in total. The van der Waals surface area contributed by atoms with Crippen molar-refractivity contribution >= 4 is 15.9 Å². The van der Waals surface area contributed by atoms with Crippen LogP contribution in [0.1, 0.15) is 11.7 Å². The fraction of sp³-hybridized carbons (Fsp3) is 0.250. The van der Waals surface area contributed by atoms with Crippen LogP contribution in [0.4, 0.5) is 4.39 Å². The topological polar surface area (TPSA) is 69.0 Å². The van der Waals surface area contributed by atoms with Crippen molar-refractivity contribution < 1.29 is 9.50 Å². The zero-order valence-electron chi connectivity index (χ0n) is 7.06. The molecule has 0 saturated heterocycles. The summed E-state index contributed by atoms with van der Waals surface area (Å²) >= 11 is 2.99. The van der Waals surface area contributed by atoms with Gasteiger partial charge in [-0.1, -0.05) is 11.2 Å². The first-order chi connectivity index (χ1) is 6.65. The first-order valence-corrected chi connectivity index (χ1v) is 4.58. The number of benzene rings is 1. The van der Waals surface area contributed by atoms with Crippen molar-refractivity contribution in [1.29, 1.82) is 0 Å². The lowest BCUT2D eigenvalue weighted by Crippen LogP contribution is -2.00. The zero-order chi connectivity index (χ0) is 10.6. The van der Waals surface area contributed by atoms with E-state index < -0.39 is 11.9 Å². The number of hydrogen-bond acceptors (Lipinski definition) is 2. The second-order valence-electron chi connectivity index (χ2n) is 2.60. The molecule has 0 aliphatic heterocycles. The summed E-state index contributed by atoms with van der Waals surface area (Å²) in [6, 6.07) is 4.13. The van der Waals surface area contributed by atoms with Gasteiger partial charge in [-0.05, 0) is 39.2 Å². The lowest BCUT2D eigenvalue weighted by molar-refractivity contribution is 0.186. The molecule has 1 atom stereocenters. The fourth-order valence-electron chi connectivity index (χ4n) is 0.939. The summed E-state index contributed by atoms with van der Waals surface area (Å²) in [5.41, 5.74) is 8.54. The van der Waals surface area contributed by atoms with Crippen LogP contribution in [-0.2, 0) is 0 Å². The molecule has 6 heteroatoms. The molecule has 74 valence electrons. The van der Waals surface area contributed by atoms with Crippen LogP contribution >= 0.6 is 15.9 Å². The van der Waals surface area contributed by atoms with Gasteiger partial charge in [0, 0.05) is 4.91 Å². The lowest BCUT2D eigenvalue weighted by Gasteiger charge is -2.07. The van der Waals surface area contributed by atoms with E-state index >= 15 is 0 Å². The third kappa shape index (κ3) is 2.70. The monoisotopic (exact) mass is 259 g/mol. The van der Waals surface area contributed by atoms with Crippen LogP contribution in [0.3, 0.4) is 0 Å². The average Bonchev–Trinajstić information content (AvgIpc) is 2.18. The number of aliphatic hydroxyl groups excluding tert-OH is 1. The molecule has 0 aromatic heterocycles. The minimum absolute atomic E-state index is 0.0609. The van der Waals surface area contributed by atoms with Gasteiger partial charge in [-0.25, -0.2) is 4.39 Å². The molecule has 0 fully saturated rings. The van der Waals surface area contributed by atoms with E-state index in [1.807, 2.05) is 0 Å². The van der Waals surface area contributed by atoms with E-state index in [-0.39, 0.29) is 11.0 Å². The molecule has 1 rings (SSSR count). The first-order valence-electron chi connectivity index (χ1n) is 3.79. The Hall–Kier alpha value is -1.10. The molecule has 1 aromatic carbocycles. The molecule has 0 heterocycles. The number of aliphatic hydroxyl groups is 1. The minimum atomic E-state index is -0.900. The summed E-state index contributed by atoms with van der Waals surface area (Å²) in [7, 11) is 0. The maximum Gasteiger partial charge on any atom is 0.137 e. The highest BCUT2D eigenvalue weighted by Crippen LogP contribution is 2.21. The van der Waals surface area contributed by atoms with Crippen molar-refractivity contribution in [3.63, 3.8) is 0 Å². The maximum atomic E-state index is 12.8. The SMILES string of the molecule is [N-]=[N+]=NC[C@@H](O)c1ccc(F)c(Br)c1. The molecular formula is C8H7BrFN3O. The Morgan fingerprint density at radius 2 is 2.36 bits per heavy atom. The second kappa shape index (κ2) is 4.95. The van der Waals surface area contributed by atoms with Crippen molar-refractivity contribution in [2.45, 2.75) is 6.10 Å². The number of hydrogen-bond donors (Lipinski definition) is 1. The Bertz CT molecular complexity index is 379. The second-order valence-corrected chi connectivity index (χ2v) is 3.46. The van der Waals surface area contributed by atoms with Crippen molar-refractivity contribution in [2.75, 3.05) is 6.54 Å². The molecule has 0 unspecified atom stereocenters. The Labute approximate surface area is 88.1 Å². The molecule has 0 aliphatic carbocycles. The van der Waals surface area contributed by atoms with Gasteiger partial charge in [-0.2, -0.15) is 0 Å². The third-order valence-corrected chi connectivity index (χ3v) is 2.25. The highest BCUT2D eigenvalue weighted by atomic mass is 79.9. The molecule has 0 bridgehead atoms. The van der Waals surface area contributed by atoms with Crippen LogP contribution in [0.25, 0.3) is 10.4 Å². The average molecular weight is 260 g/mol. The van der Waals surface area contributed by atoms with E-state index in [0.29, 0.717) is 5.56 Å². The molecule has 0 saturated carbocycles. The minimum Gasteiger partial charge on any atom is -0.388 e.